The third kappa shape index (κ3) is 4.16. The Labute approximate surface area is 160 Å². The van der Waals surface area contributed by atoms with Crippen LogP contribution in [0, 0.1) is 5.92 Å². The average Bonchev–Trinajstić information content (AvgIpc) is 3.20. The summed E-state index contributed by atoms with van der Waals surface area (Å²) < 4.78 is 6.13. The number of carbonyl (C=O) groups excluding carboxylic acids is 2. The van der Waals surface area contributed by atoms with Crippen molar-refractivity contribution >= 4 is 45.7 Å². The average molecular weight is 393 g/mol. The molecule has 0 saturated carbocycles. The van der Waals surface area contributed by atoms with Crippen LogP contribution in [-0.2, 0) is 9.59 Å². The number of nitrogens with one attached hydrogen (secondary N) is 1. The number of amides is 2. The number of nitrogens with zero attached hydrogens (tertiary/aromatic N) is 3. The van der Waals surface area contributed by atoms with Crippen LogP contribution in [-0.4, -0.2) is 40.9 Å². The van der Waals surface area contributed by atoms with Crippen LogP contribution in [0.15, 0.2) is 28.6 Å². The maximum absolute atomic E-state index is 12.5. The monoisotopic (exact) mass is 392 g/mol. The molecule has 0 aliphatic carbocycles. The van der Waals surface area contributed by atoms with Gasteiger partial charge in [0.2, 0.25) is 16.9 Å². The maximum Gasteiger partial charge on any atom is 0.231 e. The first-order valence-electron chi connectivity index (χ1n) is 8.22. The summed E-state index contributed by atoms with van der Waals surface area (Å²) in [5.41, 5.74) is 0.682. The Bertz CT molecular complexity index is 809. The molecular weight excluding hydrogens is 372 g/mol. The van der Waals surface area contributed by atoms with E-state index in [9.17, 15) is 9.59 Å². The second kappa shape index (κ2) is 8.05. The number of methoxy groups -OCH3 is 1. The van der Waals surface area contributed by atoms with Gasteiger partial charge in [-0.05, 0) is 12.1 Å². The van der Waals surface area contributed by atoms with Gasteiger partial charge in [0.25, 0.3) is 0 Å². The third-order valence-electron chi connectivity index (χ3n) is 3.84. The van der Waals surface area contributed by atoms with Gasteiger partial charge < -0.3 is 15.0 Å². The lowest BCUT2D eigenvalue weighted by atomic mass is 10.1. The summed E-state index contributed by atoms with van der Waals surface area (Å²) in [5, 5.41) is 11.7. The zero-order valence-corrected chi connectivity index (χ0v) is 16.4. The molecule has 0 radical (unpaired) electrons. The molecule has 1 atom stereocenters. The Morgan fingerprint density at radius 3 is 2.88 bits per heavy atom. The van der Waals surface area contributed by atoms with Gasteiger partial charge in [0.15, 0.2) is 4.34 Å². The van der Waals surface area contributed by atoms with E-state index in [2.05, 4.69) is 29.4 Å². The van der Waals surface area contributed by atoms with E-state index in [0.29, 0.717) is 28.4 Å². The fourth-order valence-corrected chi connectivity index (χ4v) is 4.66. The molecule has 2 amide bonds. The first-order valence-corrected chi connectivity index (χ1v) is 9.92. The molecule has 3 rings (SSSR count). The first-order chi connectivity index (χ1) is 12.5. The fraction of sp³-hybridized carbons (Fsp3) is 0.412. The maximum atomic E-state index is 12.5. The summed E-state index contributed by atoms with van der Waals surface area (Å²) in [7, 11) is 1.56. The van der Waals surface area contributed by atoms with Crippen LogP contribution in [0.3, 0.4) is 0 Å². The minimum absolute atomic E-state index is 0.0945. The summed E-state index contributed by atoms with van der Waals surface area (Å²) in [6, 6.07) is 7.30. The zero-order valence-electron chi connectivity index (χ0n) is 14.8. The first kappa shape index (κ1) is 18.7. The number of carbonyl (C=O) groups is 2. The van der Waals surface area contributed by atoms with E-state index >= 15 is 0 Å². The van der Waals surface area contributed by atoms with Crippen LogP contribution >= 0.6 is 23.1 Å². The Hall–Kier alpha value is -2.13. The number of para-hydroxylation sites is 2. The highest BCUT2D eigenvalue weighted by atomic mass is 32.2. The van der Waals surface area contributed by atoms with Crippen molar-refractivity contribution < 1.29 is 14.3 Å². The van der Waals surface area contributed by atoms with Gasteiger partial charge in [-0.25, -0.2) is 0 Å². The fourth-order valence-electron chi connectivity index (χ4n) is 2.69. The lowest BCUT2D eigenvalue weighted by Gasteiger charge is -2.19. The van der Waals surface area contributed by atoms with Crippen LogP contribution < -0.4 is 15.0 Å². The number of ether oxygens (including phenoxy) is 1. The summed E-state index contributed by atoms with van der Waals surface area (Å²) in [6.45, 7) is 4.46. The van der Waals surface area contributed by atoms with Crippen LogP contribution in [0.4, 0.5) is 10.8 Å². The van der Waals surface area contributed by atoms with Gasteiger partial charge >= 0.3 is 0 Å². The molecule has 138 valence electrons. The van der Waals surface area contributed by atoms with Gasteiger partial charge in [0.05, 0.1) is 18.7 Å². The SMILES string of the molecule is COc1ccccc1N1C[C@H](C(=O)Nc2nnc(SC(C)C)s2)CC1=O. The van der Waals surface area contributed by atoms with Crippen LogP contribution in [0.25, 0.3) is 0 Å². The zero-order chi connectivity index (χ0) is 18.7. The standard InChI is InChI=1S/C17H20N4O3S2/c1-10(2)25-17-20-19-16(26-17)18-15(23)11-8-14(22)21(9-11)12-6-4-5-7-13(12)24-3/h4-7,10-11H,8-9H2,1-3H3,(H,18,19,23)/t11-/m1/s1. The summed E-state index contributed by atoms with van der Waals surface area (Å²) in [4.78, 5) is 26.5. The van der Waals surface area contributed by atoms with Crippen molar-refractivity contribution in [2.75, 3.05) is 23.9 Å². The minimum atomic E-state index is -0.433. The predicted octanol–water partition coefficient (Wildman–Crippen LogP) is 3.04. The molecule has 0 spiro atoms. The van der Waals surface area contributed by atoms with Crippen molar-refractivity contribution in [1.82, 2.24) is 10.2 Å². The Morgan fingerprint density at radius 1 is 1.38 bits per heavy atom. The highest BCUT2D eigenvalue weighted by Crippen LogP contribution is 2.33. The molecule has 1 aromatic heterocycles. The van der Waals surface area contributed by atoms with Crippen molar-refractivity contribution in [3.63, 3.8) is 0 Å². The van der Waals surface area contributed by atoms with E-state index in [-0.39, 0.29) is 18.2 Å². The number of hydrogen-bond acceptors (Lipinski definition) is 7. The molecular formula is C17H20N4O3S2. The summed E-state index contributed by atoms with van der Waals surface area (Å²) in [6.07, 6.45) is 0.163. The molecule has 7 nitrogen and oxygen atoms in total. The second-order valence-electron chi connectivity index (χ2n) is 6.11. The van der Waals surface area contributed by atoms with Crippen molar-refractivity contribution in [2.24, 2.45) is 5.92 Å². The third-order valence-corrected chi connectivity index (χ3v) is 5.77. The van der Waals surface area contributed by atoms with Crippen LogP contribution in [0.2, 0.25) is 0 Å². The molecule has 1 aliphatic heterocycles. The van der Waals surface area contributed by atoms with E-state index in [1.807, 2.05) is 18.2 Å². The number of aromatic nitrogens is 2. The summed E-state index contributed by atoms with van der Waals surface area (Å²) in [5.74, 6) is -0.130. The molecule has 1 N–H and O–H groups in total. The van der Waals surface area contributed by atoms with E-state index in [4.69, 9.17) is 4.74 Å². The van der Waals surface area contributed by atoms with E-state index in [0.717, 1.165) is 4.34 Å². The molecule has 2 heterocycles. The van der Waals surface area contributed by atoms with E-state index in [1.54, 1.807) is 29.8 Å². The number of benzene rings is 1. The number of thioether (sulfide) groups is 1. The van der Waals surface area contributed by atoms with E-state index < -0.39 is 5.92 Å². The normalized spacial score (nSPS) is 17.0. The van der Waals surface area contributed by atoms with Crippen molar-refractivity contribution in [2.45, 2.75) is 29.9 Å². The minimum Gasteiger partial charge on any atom is -0.495 e. The van der Waals surface area contributed by atoms with Crippen LogP contribution in [0.1, 0.15) is 20.3 Å². The number of rotatable bonds is 6. The highest BCUT2D eigenvalue weighted by molar-refractivity contribution is 8.01. The molecule has 1 aliphatic rings. The quantitative estimate of drug-likeness (QED) is 0.601. The second-order valence-corrected chi connectivity index (χ2v) is 8.91. The molecule has 2 aromatic rings. The van der Waals surface area contributed by atoms with Crippen LogP contribution in [0.5, 0.6) is 5.75 Å². The largest absolute Gasteiger partial charge is 0.495 e. The Kier molecular flexibility index (Phi) is 5.77. The van der Waals surface area contributed by atoms with Gasteiger partial charge in [-0.1, -0.05) is 49.1 Å². The van der Waals surface area contributed by atoms with E-state index in [1.165, 1.54) is 11.3 Å². The van der Waals surface area contributed by atoms with Gasteiger partial charge in [-0.2, -0.15) is 0 Å². The molecule has 26 heavy (non-hydrogen) atoms. The smallest absolute Gasteiger partial charge is 0.231 e. The lowest BCUT2D eigenvalue weighted by molar-refractivity contribution is -0.122. The van der Waals surface area contributed by atoms with Gasteiger partial charge in [-0.15, -0.1) is 10.2 Å². The van der Waals surface area contributed by atoms with Crippen molar-refractivity contribution in [1.29, 1.82) is 0 Å². The van der Waals surface area contributed by atoms with Crippen molar-refractivity contribution in [3.05, 3.63) is 24.3 Å². The van der Waals surface area contributed by atoms with Gasteiger partial charge in [0.1, 0.15) is 5.75 Å². The molecule has 1 saturated heterocycles. The molecule has 1 aromatic carbocycles. The molecule has 9 heteroatoms. The topological polar surface area (TPSA) is 84.4 Å². The number of hydrogen-bond donors (Lipinski definition) is 1. The Balaban J connectivity index is 1.66. The van der Waals surface area contributed by atoms with Gasteiger partial charge in [-0.3, -0.25) is 9.59 Å². The van der Waals surface area contributed by atoms with Crippen molar-refractivity contribution in [3.8, 4) is 5.75 Å². The predicted molar refractivity (Wildman–Crippen MR) is 103 cm³/mol. The molecule has 0 bridgehead atoms. The number of anilines is 2. The van der Waals surface area contributed by atoms with Gasteiger partial charge in [0, 0.05) is 18.2 Å². The molecule has 0 unspecified atom stereocenters. The summed E-state index contributed by atoms with van der Waals surface area (Å²) >= 11 is 2.94. The highest BCUT2D eigenvalue weighted by Gasteiger charge is 2.36. The Morgan fingerprint density at radius 2 is 2.15 bits per heavy atom. The molecule has 1 fully saturated rings. The lowest BCUT2D eigenvalue weighted by Crippen LogP contribution is -2.28.